The van der Waals surface area contributed by atoms with Gasteiger partial charge in [0.15, 0.2) is 0 Å². The Hall–Kier alpha value is -1.10. The molecule has 1 aromatic rings. The van der Waals surface area contributed by atoms with Crippen LogP contribution in [0.1, 0.15) is 44.6 Å². The molecule has 2 aliphatic rings. The van der Waals surface area contributed by atoms with Crippen LogP contribution in [0.4, 0.5) is 0 Å². The Bertz CT molecular complexity index is 606. The average Bonchev–Trinajstić information content (AvgIpc) is 2.64. The van der Waals surface area contributed by atoms with Gasteiger partial charge in [-0.1, -0.05) is 49.9 Å². The highest BCUT2D eigenvalue weighted by Gasteiger charge is 2.45. The molecule has 0 bridgehead atoms. The lowest BCUT2D eigenvalue weighted by Gasteiger charge is -2.46. The number of nitrogens with zero attached hydrogens (tertiary/aromatic N) is 1. The van der Waals surface area contributed by atoms with Crippen molar-refractivity contribution in [3.05, 3.63) is 34.9 Å². The fraction of sp³-hybridized carbons (Fsp3) is 0.667. The Labute approximate surface area is 162 Å². The Morgan fingerprint density at radius 1 is 1.19 bits per heavy atom. The zero-order valence-electron chi connectivity index (χ0n) is 16.1. The molecule has 0 spiro atoms. The van der Waals surface area contributed by atoms with Crippen molar-refractivity contribution >= 4 is 17.5 Å². The van der Waals surface area contributed by atoms with Crippen LogP contribution in [0, 0.1) is 5.41 Å². The number of hydrogen-bond acceptors (Lipinski definition) is 3. The first-order valence-corrected chi connectivity index (χ1v) is 10.3. The smallest absolute Gasteiger partial charge is 0.229 e. The molecule has 1 amide bonds. The van der Waals surface area contributed by atoms with Crippen LogP contribution in [0.2, 0.25) is 5.02 Å². The predicted molar refractivity (Wildman–Crippen MR) is 108 cm³/mol. The van der Waals surface area contributed by atoms with Crippen molar-refractivity contribution in [1.82, 2.24) is 15.5 Å². The molecule has 1 aliphatic heterocycles. The summed E-state index contributed by atoms with van der Waals surface area (Å²) in [5, 5.41) is 7.37. The first-order valence-electron chi connectivity index (χ1n) is 9.94. The Balaban J connectivity index is 1.65. The standard InChI is InChI=1S/C21H32ClN3O/c1-3-25(2)21(11-5-4-6-12-21)16-24-19(26)20(14-23-15-20)13-17-7-9-18(22)10-8-17/h7-10,23H,3-6,11-16H2,1-2H3,(H,24,26). The molecule has 0 radical (unpaired) electrons. The van der Waals surface area contributed by atoms with Crippen molar-refractivity contribution in [3.63, 3.8) is 0 Å². The molecule has 144 valence electrons. The van der Waals surface area contributed by atoms with E-state index in [2.05, 4.69) is 29.5 Å². The van der Waals surface area contributed by atoms with Crippen LogP contribution >= 0.6 is 11.6 Å². The summed E-state index contributed by atoms with van der Waals surface area (Å²) in [7, 11) is 2.20. The molecule has 0 atom stereocenters. The highest BCUT2D eigenvalue weighted by molar-refractivity contribution is 6.30. The average molecular weight is 378 g/mol. The van der Waals surface area contributed by atoms with Crippen molar-refractivity contribution in [2.75, 3.05) is 33.2 Å². The van der Waals surface area contributed by atoms with Crippen LogP contribution in [-0.4, -0.2) is 49.6 Å². The number of halogens is 1. The molecule has 5 heteroatoms. The van der Waals surface area contributed by atoms with E-state index in [1.165, 1.54) is 37.7 Å². The third-order valence-corrected chi connectivity index (χ3v) is 6.76. The van der Waals surface area contributed by atoms with Crippen LogP contribution < -0.4 is 10.6 Å². The molecule has 3 rings (SSSR count). The summed E-state index contributed by atoms with van der Waals surface area (Å²) in [6.45, 7) is 5.48. The molecule has 1 saturated heterocycles. The summed E-state index contributed by atoms with van der Waals surface area (Å²) >= 11 is 5.99. The first kappa shape index (κ1) is 19.7. The van der Waals surface area contributed by atoms with Gasteiger partial charge in [-0.25, -0.2) is 0 Å². The highest BCUT2D eigenvalue weighted by atomic mass is 35.5. The van der Waals surface area contributed by atoms with E-state index in [0.29, 0.717) is 0 Å². The highest BCUT2D eigenvalue weighted by Crippen LogP contribution is 2.33. The Morgan fingerprint density at radius 2 is 1.85 bits per heavy atom. The van der Waals surface area contributed by atoms with E-state index in [9.17, 15) is 4.79 Å². The van der Waals surface area contributed by atoms with Crippen molar-refractivity contribution in [3.8, 4) is 0 Å². The van der Waals surface area contributed by atoms with Gasteiger partial charge in [-0.15, -0.1) is 0 Å². The van der Waals surface area contributed by atoms with E-state index in [4.69, 9.17) is 11.6 Å². The topological polar surface area (TPSA) is 44.4 Å². The van der Waals surface area contributed by atoms with Gasteiger partial charge in [0.05, 0.1) is 5.41 Å². The van der Waals surface area contributed by atoms with Gasteiger partial charge in [0.1, 0.15) is 0 Å². The van der Waals surface area contributed by atoms with Crippen LogP contribution in [0.3, 0.4) is 0 Å². The number of nitrogens with one attached hydrogen (secondary N) is 2. The first-order chi connectivity index (χ1) is 12.5. The fourth-order valence-electron chi connectivity index (χ4n) is 4.46. The van der Waals surface area contributed by atoms with E-state index in [0.717, 1.165) is 37.6 Å². The SMILES string of the molecule is CCN(C)C1(CNC(=O)C2(Cc3ccc(Cl)cc3)CNC2)CCCCC1. The molecule has 1 aromatic carbocycles. The number of carbonyl (C=O) groups is 1. The maximum Gasteiger partial charge on any atom is 0.229 e. The number of likely N-dealkylation sites (N-methyl/N-ethyl adjacent to an activating group) is 1. The van der Waals surface area contributed by atoms with Crippen LogP contribution in [-0.2, 0) is 11.2 Å². The van der Waals surface area contributed by atoms with Crippen LogP contribution in [0.5, 0.6) is 0 Å². The molecule has 26 heavy (non-hydrogen) atoms. The van der Waals surface area contributed by atoms with Gasteiger partial charge in [-0.05, 0) is 50.6 Å². The lowest BCUT2D eigenvalue weighted by Crippen LogP contribution is -2.64. The summed E-state index contributed by atoms with van der Waals surface area (Å²) in [6.07, 6.45) is 6.97. The summed E-state index contributed by atoms with van der Waals surface area (Å²) in [4.78, 5) is 15.6. The molecule has 2 fully saturated rings. The van der Waals surface area contributed by atoms with Crippen molar-refractivity contribution in [2.24, 2.45) is 5.41 Å². The minimum absolute atomic E-state index is 0.126. The second-order valence-electron chi connectivity index (χ2n) is 8.17. The Kier molecular flexibility index (Phi) is 6.26. The van der Waals surface area contributed by atoms with Gasteiger partial charge in [-0.2, -0.15) is 0 Å². The van der Waals surface area contributed by atoms with E-state index in [1.807, 2.05) is 24.3 Å². The van der Waals surface area contributed by atoms with E-state index >= 15 is 0 Å². The van der Waals surface area contributed by atoms with Gasteiger partial charge in [0.25, 0.3) is 0 Å². The summed E-state index contributed by atoms with van der Waals surface area (Å²) in [5.41, 5.74) is 0.972. The largest absolute Gasteiger partial charge is 0.354 e. The van der Waals surface area contributed by atoms with E-state index < -0.39 is 0 Å². The molecule has 0 aromatic heterocycles. The summed E-state index contributed by atoms with van der Waals surface area (Å²) < 4.78 is 0. The lowest BCUT2D eigenvalue weighted by atomic mass is 9.74. The molecule has 1 saturated carbocycles. The van der Waals surface area contributed by atoms with Crippen molar-refractivity contribution < 1.29 is 4.79 Å². The Morgan fingerprint density at radius 3 is 2.38 bits per heavy atom. The summed E-state index contributed by atoms with van der Waals surface area (Å²) in [5.74, 6) is 0.195. The fourth-order valence-corrected chi connectivity index (χ4v) is 4.58. The van der Waals surface area contributed by atoms with Gasteiger partial charge >= 0.3 is 0 Å². The predicted octanol–water partition coefficient (Wildman–Crippen LogP) is 3.24. The number of carbonyl (C=O) groups excluding carboxylic acids is 1. The van der Waals surface area contributed by atoms with Gasteiger partial charge in [0.2, 0.25) is 5.91 Å². The van der Waals surface area contributed by atoms with Gasteiger partial charge < -0.3 is 10.6 Å². The van der Waals surface area contributed by atoms with Crippen LogP contribution in [0.15, 0.2) is 24.3 Å². The molecule has 4 nitrogen and oxygen atoms in total. The number of hydrogen-bond donors (Lipinski definition) is 2. The maximum absolute atomic E-state index is 13.1. The molecule has 0 unspecified atom stereocenters. The monoisotopic (exact) mass is 377 g/mol. The van der Waals surface area contributed by atoms with Crippen molar-refractivity contribution in [2.45, 2.75) is 51.0 Å². The molecule has 1 aliphatic carbocycles. The molecular formula is C21H32ClN3O. The van der Waals surface area contributed by atoms with Crippen LogP contribution in [0.25, 0.3) is 0 Å². The zero-order valence-corrected chi connectivity index (χ0v) is 16.9. The minimum Gasteiger partial charge on any atom is -0.354 e. The number of amides is 1. The molecule has 1 heterocycles. The normalized spacial score (nSPS) is 21.2. The van der Waals surface area contributed by atoms with E-state index in [-0.39, 0.29) is 16.9 Å². The third kappa shape index (κ3) is 4.08. The quantitative estimate of drug-likeness (QED) is 0.766. The minimum atomic E-state index is -0.325. The van der Waals surface area contributed by atoms with E-state index in [1.54, 1.807) is 0 Å². The second-order valence-corrected chi connectivity index (χ2v) is 8.61. The summed E-state index contributed by atoms with van der Waals surface area (Å²) in [6, 6.07) is 7.87. The maximum atomic E-state index is 13.1. The van der Waals surface area contributed by atoms with Gasteiger partial charge in [0, 0.05) is 30.2 Å². The molecular weight excluding hydrogens is 346 g/mol. The second kappa shape index (κ2) is 8.28. The number of rotatable bonds is 7. The van der Waals surface area contributed by atoms with Crippen molar-refractivity contribution in [1.29, 1.82) is 0 Å². The third-order valence-electron chi connectivity index (χ3n) is 6.51. The van der Waals surface area contributed by atoms with Gasteiger partial charge in [-0.3, -0.25) is 9.69 Å². The number of benzene rings is 1. The zero-order chi connectivity index (χ0) is 18.6. The lowest BCUT2D eigenvalue weighted by molar-refractivity contribution is -0.134. The molecule has 2 N–H and O–H groups in total.